The molecule has 0 aliphatic rings. The van der Waals surface area contributed by atoms with Gasteiger partial charge < -0.3 is 10.1 Å². The number of nitrogens with one attached hydrogen (secondary N) is 1. The Bertz CT molecular complexity index is 940. The van der Waals surface area contributed by atoms with E-state index >= 15 is 0 Å². The first-order valence-electron chi connectivity index (χ1n) is 7.27. The van der Waals surface area contributed by atoms with Gasteiger partial charge in [-0.05, 0) is 43.6 Å². The molecule has 0 fully saturated rings. The SMILES string of the molecule is C/C=C/Oc1cc(C(=O)C(=O)Nc2cc(C)ns2)c2ccccn12. The van der Waals surface area contributed by atoms with Crippen LogP contribution < -0.4 is 10.1 Å². The van der Waals surface area contributed by atoms with Crippen molar-refractivity contribution in [2.24, 2.45) is 0 Å². The smallest absolute Gasteiger partial charge is 0.297 e. The topological polar surface area (TPSA) is 72.7 Å². The summed E-state index contributed by atoms with van der Waals surface area (Å²) in [5.41, 5.74) is 1.69. The average molecular weight is 341 g/mol. The number of ketones is 1. The Morgan fingerprint density at radius 2 is 2.17 bits per heavy atom. The number of carbonyl (C=O) groups is 2. The molecule has 3 aromatic heterocycles. The Balaban J connectivity index is 1.93. The van der Waals surface area contributed by atoms with Crippen LogP contribution in [-0.4, -0.2) is 20.5 Å². The lowest BCUT2D eigenvalue weighted by Crippen LogP contribution is -2.22. The predicted octanol–water partition coefficient (Wildman–Crippen LogP) is 3.44. The molecule has 0 saturated carbocycles. The molecule has 0 spiro atoms. The first-order valence-corrected chi connectivity index (χ1v) is 8.04. The van der Waals surface area contributed by atoms with Crippen LogP contribution in [0.1, 0.15) is 23.0 Å². The largest absolute Gasteiger partial charge is 0.448 e. The number of hydrogen-bond acceptors (Lipinski definition) is 5. The van der Waals surface area contributed by atoms with E-state index < -0.39 is 11.7 Å². The summed E-state index contributed by atoms with van der Waals surface area (Å²) in [5, 5.41) is 3.12. The van der Waals surface area contributed by atoms with E-state index in [1.165, 1.54) is 6.26 Å². The van der Waals surface area contributed by atoms with Gasteiger partial charge >= 0.3 is 0 Å². The number of Topliss-reactive ketones (excluding diaryl/α,β-unsaturated/α-hetero) is 1. The number of allylic oxidation sites excluding steroid dienone is 1. The van der Waals surface area contributed by atoms with Crippen LogP contribution in [0, 0.1) is 6.92 Å². The zero-order valence-corrected chi connectivity index (χ0v) is 14.0. The van der Waals surface area contributed by atoms with E-state index in [4.69, 9.17) is 4.74 Å². The normalized spacial score (nSPS) is 11.1. The summed E-state index contributed by atoms with van der Waals surface area (Å²) in [6, 6.07) is 8.67. The van der Waals surface area contributed by atoms with Crippen LogP contribution >= 0.6 is 11.5 Å². The van der Waals surface area contributed by atoms with Crippen molar-refractivity contribution in [1.82, 2.24) is 8.77 Å². The number of nitrogens with zero attached hydrogens (tertiary/aromatic N) is 2. The van der Waals surface area contributed by atoms with Crippen LogP contribution in [0.25, 0.3) is 5.52 Å². The van der Waals surface area contributed by atoms with Crippen molar-refractivity contribution in [3.05, 3.63) is 60.1 Å². The molecular formula is C17H15N3O3S. The third-order valence-corrected chi connectivity index (χ3v) is 4.08. The van der Waals surface area contributed by atoms with Gasteiger partial charge in [0.2, 0.25) is 5.88 Å². The fourth-order valence-electron chi connectivity index (χ4n) is 2.25. The molecule has 3 aromatic rings. The molecule has 0 unspecified atom stereocenters. The molecule has 0 aliphatic carbocycles. The molecule has 0 radical (unpaired) electrons. The van der Waals surface area contributed by atoms with Gasteiger partial charge in [-0.25, -0.2) is 0 Å². The fourth-order valence-corrected chi connectivity index (χ4v) is 2.90. The van der Waals surface area contributed by atoms with Crippen molar-refractivity contribution in [1.29, 1.82) is 0 Å². The zero-order valence-electron chi connectivity index (χ0n) is 13.1. The third kappa shape index (κ3) is 3.07. The molecular weight excluding hydrogens is 326 g/mol. The van der Waals surface area contributed by atoms with Gasteiger partial charge in [0, 0.05) is 12.3 Å². The molecule has 24 heavy (non-hydrogen) atoms. The second-order valence-corrected chi connectivity index (χ2v) is 5.86. The van der Waals surface area contributed by atoms with Gasteiger partial charge in [0.1, 0.15) is 5.00 Å². The second-order valence-electron chi connectivity index (χ2n) is 5.06. The van der Waals surface area contributed by atoms with Gasteiger partial charge in [0.15, 0.2) is 0 Å². The average Bonchev–Trinajstić information content (AvgIpc) is 3.16. The van der Waals surface area contributed by atoms with Gasteiger partial charge in [-0.3, -0.25) is 14.0 Å². The number of ether oxygens (including phenoxy) is 1. The first kappa shape index (κ1) is 15.9. The summed E-state index contributed by atoms with van der Waals surface area (Å²) in [4.78, 5) is 24.8. The minimum absolute atomic E-state index is 0.286. The van der Waals surface area contributed by atoms with Crippen molar-refractivity contribution in [2.45, 2.75) is 13.8 Å². The molecule has 0 aliphatic heterocycles. The molecule has 7 heteroatoms. The highest BCUT2D eigenvalue weighted by Crippen LogP contribution is 2.24. The lowest BCUT2D eigenvalue weighted by atomic mass is 10.1. The summed E-state index contributed by atoms with van der Waals surface area (Å²) in [7, 11) is 0. The number of aryl methyl sites for hydroxylation is 1. The summed E-state index contributed by atoms with van der Waals surface area (Å²) in [5.74, 6) is -0.860. The van der Waals surface area contributed by atoms with Gasteiger partial charge in [-0.15, -0.1) is 0 Å². The molecule has 0 bridgehead atoms. The summed E-state index contributed by atoms with van der Waals surface area (Å²) in [6.07, 6.45) is 5.03. The highest BCUT2D eigenvalue weighted by atomic mass is 32.1. The fraction of sp³-hybridized carbons (Fsp3) is 0.118. The summed E-state index contributed by atoms with van der Waals surface area (Å²) >= 11 is 1.14. The molecule has 3 heterocycles. The van der Waals surface area contributed by atoms with Crippen molar-refractivity contribution in [3.63, 3.8) is 0 Å². The predicted molar refractivity (Wildman–Crippen MR) is 92.7 cm³/mol. The molecule has 122 valence electrons. The number of fused-ring (bicyclic) bond motifs is 1. The van der Waals surface area contributed by atoms with Crippen LogP contribution in [0.15, 0.2) is 48.9 Å². The Hall–Kier alpha value is -2.93. The lowest BCUT2D eigenvalue weighted by molar-refractivity contribution is -0.112. The molecule has 0 aromatic carbocycles. The Morgan fingerprint density at radius 3 is 2.88 bits per heavy atom. The third-order valence-electron chi connectivity index (χ3n) is 3.28. The van der Waals surface area contributed by atoms with Crippen LogP contribution in [0.5, 0.6) is 5.88 Å². The second kappa shape index (κ2) is 6.67. The number of carbonyl (C=O) groups excluding carboxylic acids is 2. The van der Waals surface area contributed by atoms with E-state index in [9.17, 15) is 9.59 Å². The standard InChI is InChI=1S/C17H15N3O3S/c1-3-8-23-15-10-12(13-6-4-5-7-20(13)15)16(21)17(22)18-14-9-11(2)19-24-14/h3-10H,1-2H3,(H,18,22)/b8-3+. The van der Waals surface area contributed by atoms with Crippen molar-refractivity contribution < 1.29 is 14.3 Å². The van der Waals surface area contributed by atoms with Crippen molar-refractivity contribution >= 4 is 33.7 Å². The number of rotatable bonds is 5. The van der Waals surface area contributed by atoms with E-state index in [2.05, 4.69) is 9.69 Å². The van der Waals surface area contributed by atoms with Crippen LogP contribution in [0.4, 0.5) is 5.00 Å². The monoisotopic (exact) mass is 341 g/mol. The van der Waals surface area contributed by atoms with Gasteiger partial charge in [-0.2, -0.15) is 4.37 Å². The van der Waals surface area contributed by atoms with Gasteiger partial charge in [0.25, 0.3) is 11.7 Å². The Morgan fingerprint density at radius 1 is 1.33 bits per heavy atom. The van der Waals surface area contributed by atoms with Gasteiger partial charge in [0.05, 0.1) is 23.0 Å². The molecule has 1 N–H and O–H groups in total. The number of pyridine rings is 1. The quantitative estimate of drug-likeness (QED) is 0.438. The molecule has 0 saturated heterocycles. The zero-order chi connectivity index (χ0) is 17.1. The van der Waals surface area contributed by atoms with Gasteiger partial charge in [-0.1, -0.05) is 12.1 Å². The van der Waals surface area contributed by atoms with Crippen LogP contribution in [0.3, 0.4) is 0 Å². The van der Waals surface area contributed by atoms with E-state index in [0.717, 1.165) is 17.2 Å². The molecule has 1 amide bonds. The van der Waals surface area contributed by atoms with E-state index in [0.29, 0.717) is 16.4 Å². The highest BCUT2D eigenvalue weighted by molar-refractivity contribution is 7.10. The number of aromatic nitrogens is 2. The maximum absolute atomic E-state index is 12.5. The number of amides is 1. The van der Waals surface area contributed by atoms with E-state index in [1.54, 1.807) is 40.9 Å². The van der Waals surface area contributed by atoms with Crippen molar-refractivity contribution in [2.75, 3.05) is 5.32 Å². The van der Waals surface area contributed by atoms with E-state index in [1.807, 2.05) is 19.9 Å². The summed E-state index contributed by atoms with van der Waals surface area (Å²) < 4.78 is 11.3. The van der Waals surface area contributed by atoms with Crippen molar-refractivity contribution in [3.8, 4) is 5.88 Å². The Kier molecular flexibility index (Phi) is 4.43. The Labute approximate surface area is 142 Å². The van der Waals surface area contributed by atoms with Crippen LogP contribution in [0.2, 0.25) is 0 Å². The first-order chi connectivity index (χ1) is 11.6. The summed E-state index contributed by atoms with van der Waals surface area (Å²) in [6.45, 7) is 3.65. The highest BCUT2D eigenvalue weighted by Gasteiger charge is 2.22. The number of hydrogen-bond donors (Lipinski definition) is 1. The molecule has 6 nitrogen and oxygen atoms in total. The molecule has 0 atom stereocenters. The van der Waals surface area contributed by atoms with E-state index in [-0.39, 0.29) is 5.56 Å². The maximum Gasteiger partial charge on any atom is 0.297 e. The minimum Gasteiger partial charge on any atom is -0.448 e. The number of anilines is 1. The maximum atomic E-state index is 12.5. The molecule has 3 rings (SSSR count). The van der Waals surface area contributed by atoms with Crippen LogP contribution in [-0.2, 0) is 4.79 Å². The minimum atomic E-state index is -0.701. The lowest BCUT2D eigenvalue weighted by Gasteiger charge is -2.01.